The van der Waals surface area contributed by atoms with Gasteiger partial charge in [-0.05, 0) is 71.5 Å². The Hall–Kier alpha value is -3.43. The van der Waals surface area contributed by atoms with Crippen LogP contribution < -0.4 is 4.74 Å². The molecule has 2 aromatic carbocycles. The summed E-state index contributed by atoms with van der Waals surface area (Å²) in [5.41, 5.74) is 5.03. The van der Waals surface area contributed by atoms with Gasteiger partial charge in [-0.3, -0.25) is 4.79 Å². The summed E-state index contributed by atoms with van der Waals surface area (Å²) >= 11 is 1.48. The van der Waals surface area contributed by atoms with Crippen LogP contribution in [0.3, 0.4) is 0 Å². The number of halogens is 1. The van der Waals surface area contributed by atoms with E-state index in [1.807, 2.05) is 29.6 Å². The zero-order chi connectivity index (χ0) is 25.0. The maximum atomic E-state index is 14.9. The summed E-state index contributed by atoms with van der Waals surface area (Å²) in [6.45, 7) is 4.76. The molecule has 0 bridgehead atoms. The smallest absolute Gasteiger partial charge is 0.305 e. The fourth-order valence-electron chi connectivity index (χ4n) is 4.49. The number of nitrogens with zero attached hydrogens (tertiary/aromatic N) is 1. The first kappa shape index (κ1) is 24.7. The van der Waals surface area contributed by atoms with E-state index in [2.05, 4.69) is 26.0 Å². The standard InChI is InChI=1S/C29H28FNO3S/c1-29(2)13-5-8-24(29)27-21(18-35-28(27)23-15-20(16-31)9-11-25(23)30)17-34-22-7-4-6-19(14-22)10-12-26(32)33-3/h4,6-9,11,14-15,18H,5,10,12-13,17H2,1-3H3. The van der Waals surface area contributed by atoms with Crippen LogP contribution in [0.25, 0.3) is 16.0 Å². The minimum atomic E-state index is -0.339. The minimum absolute atomic E-state index is 0.0400. The van der Waals surface area contributed by atoms with E-state index in [0.717, 1.165) is 34.4 Å². The molecule has 3 aromatic rings. The van der Waals surface area contributed by atoms with Crippen LogP contribution in [-0.4, -0.2) is 13.1 Å². The maximum absolute atomic E-state index is 14.9. The third-order valence-electron chi connectivity index (χ3n) is 6.46. The van der Waals surface area contributed by atoms with Gasteiger partial charge in [-0.15, -0.1) is 11.3 Å². The molecule has 4 nitrogen and oxygen atoms in total. The van der Waals surface area contributed by atoms with Crippen LogP contribution in [-0.2, 0) is 22.6 Å². The Kier molecular flexibility index (Phi) is 7.37. The van der Waals surface area contributed by atoms with Gasteiger partial charge < -0.3 is 9.47 Å². The number of carbonyl (C=O) groups excluding carboxylic acids is 1. The second kappa shape index (κ2) is 10.5. The number of benzene rings is 2. The monoisotopic (exact) mass is 489 g/mol. The van der Waals surface area contributed by atoms with Gasteiger partial charge in [0.15, 0.2) is 0 Å². The third-order valence-corrected chi connectivity index (χ3v) is 7.52. The molecule has 0 saturated heterocycles. The van der Waals surface area contributed by atoms with E-state index in [0.29, 0.717) is 36.3 Å². The largest absolute Gasteiger partial charge is 0.489 e. The summed E-state index contributed by atoms with van der Waals surface area (Å²) < 4.78 is 25.8. The Bertz CT molecular complexity index is 1320. The molecule has 0 saturated carbocycles. The van der Waals surface area contributed by atoms with Crippen molar-refractivity contribution in [2.75, 3.05) is 7.11 Å². The van der Waals surface area contributed by atoms with Crippen molar-refractivity contribution >= 4 is 22.9 Å². The molecule has 0 atom stereocenters. The number of esters is 1. The molecule has 35 heavy (non-hydrogen) atoms. The second-order valence-corrected chi connectivity index (χ2v) is 10.2. The minimum Gasteiger partial charge on any atom is -0.489 e. The fourth-order valence-corrected chi connectivity index (χ4v) is 5.58. The molecule has 1 aliphatic rings. The van der Waals surface area contributed by atoms with Gasteiger partial charge in [0, 0.05) is 28.0 Å². The summed E-state index contributed by atoms with van der Waals surface area (Å²) in [6.07, 6.45) is 5.14. The van der Waals surface area contributed by atoms with Crippen molar-refractivity contribution in [1.29, 1.82) is 5.26 Å². The number of ether oxygens (including phenoxy) is 2. The normalized spacial score (nSPS) is 14.3. The fraction of sp³-hybridized carbons (Fsp3) is 0.310. The zero-order valence-electron chi connectivity index (χ0n) is 20.2. The maximum Gasteiger partial charge on any atom is 0.305 e. The van der Waals surface area contributed by atoms with Crippen molar-refractivity contribution in [3.05, 3.63) is 82.0 Å². The van der Waals surface area contributed by atoms with Gasteiger partial charge in [0.25, 0.3) is 0 Å². The quantitative estimate of drug-likeness (QED) is 0.311. The summed E-state index contributed by atoms with van der Waals surface area (Å²) in [5.74, 6) is 0.129. The molecule has 1 aliphatic carbocycles. The van der Waals surface area contributed by atoms with Crippen molar-refractivity contribution in [2.45, 2.75) is 46.1 Å². The number of allylic oxidation sites excluding steroid dienone is 2. The number of hydrogen-bond acceptors (Lipinski definition) is 5. The summed E-state index contributed by atoms with van der Waals surface area (Å²) in [4.78, 5) is 12.3. The van der Waals surface area contributed by atoms with E-state index in [4.69, 9.17) is 9.47 Å². The number of methoxy groups -OCH3 is 1. The molecule has 6 heteroatoms. The lowest BCUT2D eigenvalue weighted by Crippen LogP contribution is -2.11. The van der Waals surface area contributed by atoms with Crippen molar-refractivity contribution in [1.82, 2.24) is 0 Å². The van der Waals surface area contributed by atoms with Crippen LogP contribution >= 0.6 is 11.3 Å². The highest BCUT2D eigenvalue weighted by atomic mass is 32.1. The molecule has 1 aromatic heterocycles. The van der Waals surface area contributed by atoms with E-state index in [-0.39, 0.29) is 17.2 Å². The van der Waals surface area contributed by atoms with Gasteiger partial charge in [0.2, 0.25) is 0 Å². The number of nitriles is 1. The molecule has 0 unspecified atom stereocenters. The molecule has 0 N–H and O–H groups in total. The molecular weight excluding hydrogens is 461 g/mol. The van der Waals surface area contributed by atoms with Crippen LogP contribution in [0.4, 0.5) is 4.39 Å². The lowest BCUT2D eigenvalue weighted by atomic mass is 9.80. The first-order valence-electron chi connectivity index (χ1n) is 11.6. The van der Waals surface area contributed by atoms with Crippen molar-refractivity contribution in [2.24, 2.45) is 5.41 Å². The predicted molar refractivity (Wildman–Crippen MR) is 137 cm³/mol. The average Bonchev–Trinajstić information content (AvgIpc) is 3.43. The SMILES string of the molecule is COC(=O)CCc1cccc(OCc2csc(-c3cc(C#N)ccc3F)c2C2=CCCC2(C)C)c1. The molecule has 0 spiro atoms. The highest BCUT2D eigenvalue weighted by Gasteiger charge is 2.32. The van der Waals surface area contributed by atoms with Crippen LogP contribution in [0.1, 0.15) is 55.4 Å². The molecule has 0 aliphatic heterocycles. The van der Waals surface area contributed by atoms with E-state index >= 15 is 0 Å². The van der Waals surface area contributed by atoms with Gasteiger partial charge in [-0.25, -0.2) is 4.39 Å². The lowest BCUT2D eigenvalue weighted by Gasteiger charge is -2.24. The van der Waals surface area contributed by atoms with Gasteiger partial charge in [-0.1, -0.05) is 32.1 Å². The molecule has 1 heterocycles. The van der Waals surface area contributed by atoms with Gasteiger partial charge in [0.05, 0.1) is 18.7 Å². The van der Waals surface area contributed by atoms with Crippen LogP contribution in [0.15, 0.2) is 53.9 Å². The number of carbonyl (C=O) groups is 1. The summed E-state index contributed by atoms with van der Waals surface area (Å²) in [7, 11) is 1.39. The van der Waals surface area contributed by atoms with Crippen LogP contribution in [0.5, 0.6) is 5.75 Å². The van der Waals surface area contributed by atoms with Crippen LogP contribution in [0, 0.1) is 22.6 Å². The van der Waals surface area contributed by atoms with E-state index in [1.165, 1.54) is 36.2 Å². The Morgan fingerprint density at radius 1 is 1.23 bits per heavy atom. The van der Waals surface area contributed by atoms with Gasteiger partial charge >= 0.3 is 5.97 Å². The first-order valence-corrected chi connectivity index (χ1v) is 12.5. The number of rotatable bonds is 8. The van der Waals surface area contributed by atoms with Crippen LogP contribution in [0.2, 0.25) is 0 Å². The molecular formula is C29H28FNO3S. The highest BCUT2D eigenvalue weighted by Crippen LogP contribution is 2.50. The number of thiophene rings is 1. The molecule has 0 fully saturated rings. The third kappa shape index (κ3) is 5.47. The Labute approximate surface area is 209 Å². The predicted octanol–water partition coefficient (Wildman–Crippen LogP) is 7.31. The Balaban J connectivity index is 1.66. The molecule has 180 valence electrons. The Morgan fingerprint density at radius 3 is 2.77 bits per heavy atom. The van der Waals surface area contributed by atoms with Gasteiger partial charge in [-0.2, -0.15) is 5.26 Å². The van der Waals surface area contributed by atoms with E-state index < -0.39 is 0 Å². The number of hydrogen-bond donors (Lipinski definition) is 0. The summed E-state index contributed by atoms with van der Waals surface area (Å²) in [5, 5.41) is 11.4. The van der Waals surface area contributed by atoms with E-state index in [1.54, 1.807) is 6.07 Å². The first-order chi connectivity index (χ1) is 16.8. The van der Waals surface area contributed by atoms with E-state index in [9.17, 15) is 14.4 Å². The topological polar surface area (TPSA) is 59.3 Å². The highest BCUT2D eigenvalue weighted by molar-refractivity contribution is 7.14. The molecule has 4 rings (SSSR count). The summed E-state index contributed by atoms with van der Waals surface area (Å²) in [6, 6.07) is 14.3. The van der Waals surface area contributed by atoms with Crippen molar-refractivity contribution in [3.63, 3.8) is 0 Å². The van der Waals surface area contributed by atoms with Crippen molar-refractivity contribution < 1.29 is 18.7 Å². The second-order valence-electron chi connectivity index (χ2n) is 9.32. The average molecular weight is 490 g/mol. The zero-order valence-corrected chi connectivity index (χ0v) is 21.0. The lowest BCUT2D eigenvalue weighted by molar-refractivity contribution is -0.140. The number of aryl methyl sites for hydroxylation is 1. The molecule has 0 amide bonds. The van der Waals surface area contributed by atoms with Crippen molar-refractivity contribution in [3.8, 4) is 22.3 Å². The Morgan fingerprint density at radius 2 is 2.06 bits per heavy atom. The van der Waals surface area contributed by atoms with Gasteiger partial charge in [0.1, 0.15) is 18.2 Å². The molecule has 0 radical (unpaired) electrons.